The van der Waals surface area contributed by atoms with Crippen LogP contribution in [0.25, 0.3) is 5.52 Å². The van der Waals surface area contributed by atoms with Crippen molar-refractivity contribution in [2.45, 2.75) is 12.7 Å². The van der Waals surface area contributed by atoms with Gasteiger partial charge in [-0.1, -0.05) is 0 Å². The number of alkyl halides is 3. The lowest BCUT2D eigenvalue weighted by atomic mass is 10.3. The number of fused-ring (bicyclic) bond motifs is 1. The highest BCUT2D eigenvalue weighted by Gasteiger charge is 2.36. The zero-order chi connectivity index (χ0) is 13.5. The van der Waals surface area contributed by atoms with Gasteiger partial charge in [0.2, 0.25) is 5.91 Å². The van der Waals surface area contributed by atoms with Crippen molar-refractivity contribution in [3.63, 3.8) is 0 Å². The van der Waals surface area contributed by atoms with E-state index in [1.807, 2.05) is 0 Å². The zero-order valence-electron chi connectivity index (χ0n) is 8.81. The summed E-state index contributed by atoms with van der Waals surface area (Å²) in [5.41, 5.74) is 2.37. The first-order valence-electron chi connectivity index (χ1n) is 4.74. The van der Waals surface area contributed by atoms with Crippen LogP contribution >= 0.6 is 0 Å². The monoisotopic (exact) mass is 260 g/mol. The van der Waals surface area contributed by atoms with E-state index in [0.717, 1.165) is 16.7 Å². The number of amides is 1. The van der Waals surface area contributed by atoms with E-state index in [2.05, 4.69) is 5.10 Å². The number of hydrogen-bond acceptors (Lipinski definition) is 3. The molecule has 18 heavy (non-hydrogen) atoms. The van der Waals surface area contributed by atoms with Crippen molar-refractivity contribution in [2.24, 2.45) is 5.73 Å². The molecule has 0 aliphatic carbocycles. The molecule has 0 aliphatic heterocycles. The predicted molar refractivity (Wildman–Crippen MR) is 53.6 cm³/mol. The van der Waals surface area contributed by atoms with Crippen LogP contribution in [0.2, 0.25) is 0 Å². The van der Waals surface area contributed by atoms with E-state index in [9.17, 15) is 22.8 Å². The minimum atomic E-state index is -4.73. The average Bonchev–Trinajstić information content (AvgIpc) is 2.68. The highest BCUT2D eigenvalue weighted by atomic mass is 19.4. The van der Waals surface area contributed by atoms with Crippen LogP contribution < -0.4 is 11.4 Å². The summed E-state index contributed by atoms with van der Waals surface area (Å²) in [5, 5.41) is 3.14. The quantitative estimate of drug-likeness (QED) is 0.825. The van der Waals surface area contributed by atoms with Crippen molar-refractivity contribution in [2.75, 3.05) is 0 Å². The molecule has 0 unspecified atom stereocenters. The number of nitrogens with zero attached hydrogens (tertiary/aromatic N) is 3. The summed E-state index contributed by atoms with van der Waals surface area (Å²) >= 11 is 0. The highest BCUT2D eigenvalue weighted by molar-refractivity contribution is 5.73. The predicted octanol–water partition coefficient (Wildman–Crippen LogP) is 0.0001000. The summed E-state index contributed by atoms with van der Waals surface area (Å²) in [6.45, 7) is -0.712. The first-order valence-corrected chi connectivity index (χ1v) is 4.74. The number of rotatable bonds is 2. The van der Waals surface area contributed by atoms with Gasteiger partial charge in [0.25, 0.3) is 0 Å². The Kier molecular flexibility index (Phi) is 2.60. The second-order valence-corrected chi connectivity index (χ2v) is 3.52. The van der Waals surface area contributed by atoms with E-state index < -0.39 is 30.0 Å². The molecule has 0 radical (unpaired) electrons. The van der Waals surface area contributed by atoms with Gasteiger partial charge in [-0.2, -0.15) is 18.3 Å². The molecule has 0 saturated heterocycles. The molecule has 6 nitrogen and oxygen atoms in total. The summed E-state index contributed by atoms with van der Waals surface area (Å²) in [4.78, 5) is 22.4. The normalized spacial score (nSPS) is 11.9. The van der Waals surface area contributed by atoms with Crippen molar-refractivity contribution in [1.29, 1.82) is 0 Å². The van der Waals surface area contributed by atoms with Crippen LogP contribution in [0.1, 0.15) is 5.69 Å². The molecule has 2 heterocycles. The molecule has 0 fully saturated rings. The Hall–Kier alpha value is -2.32. The molecule has 0 bridgehead atoms. The number of carbonyl (C=O) groups is 1. The van der Waals surface area contributed by atoms with E-state index in [4.69, 9.17) is 5.73 Å². The van der Waals surface area contributed by atoms with Crippen LogP contribution in [0.15, 0.2) is 23.1 Å². The first-order chi connectivity index (χ1) is 8.30. The fourth-order valence-corrected chi connectivity index (χ4v) is 1.53. The van der Waals surface area contributed by atoms with Crippen LogP contribution in [0, 0.1) is 0 Å². The van der Waals surface area contributed by atoms with Gasteiger partial charge in [-0.15, -0.1) is 0 Å². The lowest BCUT2D eigenvalue weighted by molar-refractivity contribution is -0.141. The topological polar surface area (TPSA) is 82.4 Å². The lowest BCUT2D eigenvalue weighted by Gasteiger charge is -2.10. The van der Waals surface area contributed by atoms with Crippen molar-refractivity contribution < 1.29 is 18.0 Å². The maximum absolute atomic E-state index is 12.7. The second kappa shape index (κ2) is 3.86. The third kappa shape index (κ3) is 1.94. The summed E-state index contributed by atoms with van der Waals surface area (Å²) in [5.74, 6) is -0.954. The van der Waals surface area contributed by atoms with E-state index in [0.29, 0.717) is 4.68 Å². The van der Waals surface area contributed by atoms with Gasteiger partial charge in [-0.05, 0) is 12.1 Å². The minimum absolute atomic E-state index is 0.367. The Labute approximate surface area is 97.4 Å². The number of hydrogen-bond donors (Lipinski definition) is 1. The largest absolute Gasteiger partial charge is 0.437 e. The van der Waals surface area contributed by atoms with Gasteiger partial charge in [0.15, 0.2) is 5.69 Å². The van der Waals surface area contributed by atoms with Gasteiger partial charge in [-0.3, -0.25) is 9.20 Å². The van der Waals surface area contributed by atoms with Gasteiger partial charge in [0.1, 0.15) is 6.54 Å². The molecule has 0 aromatic carbocycles. The second-order valence-electron chi connectivity index (χ2n) is 3.52. The fourth-order valence-electron chi connectivity index (χ4n) is 1.53. The SMILES string of the molecule is NC(=O)Cn1nc(C(F)(F)F)c2cccn2c1=O. The molecule has 0 saturated carbocycles. The molecule has 0 spiro atoms. The zero-order valence-corrected chi connectivity index (χ0v) is 8.81. The molecule has 2 rings (SSSR count). The number of carbonyl (C=O) groups excluding carboxylic acids is 1. The Morgan fingerprint density at radius 1 is 1.44 bits per heavy atom. The van der Waals surface area contributed by atoms with Gasteiger partial charge >= 0.3 is 11.9 Å². The Bertz CT molecular complexity index is 670. The van der Waals surface area contributed by atoms with Crippen molar-refractivity contribution in [1.82, 2.24) is 14.2 Å². The molecule has 0 atom stereocenters. The Balaban J connectivity index is 2.78. The third-order valence-electron chi connectivity index (χ3n) is 2.21. The Morgan fingerprint density at radius 3 is 2.67 bits per heavy atom. The summed E-state index contributed by atoms with van der Waals surface area (Å²) < 4.78 is 39.4. The van der Waals surface area contributed by atoms with Crippen molar-refractivity contribution in [3.8, 4) is 0 Å². The molecular weight excluding hydrogens is 253 g/mol. The minimum Gasteiger partial charge on any atom is -0.368 e. The maximum atomic E-state index is 12.7. The van der Waals surface area contributed by atoms with Gasteiger partial charge in [-0.25, -0.2) is 9.48 Å². The van der Waals surface area contributed by atoms with Crippen LogP contribution in [0.3, 0.4) is 0 Å². The molecule has 1 amide bonds. The lowest BCUT2D eigenvalue weighted by Crippen LogP contribution is -2.35. The number of nitrogens with two attached hydrogens (primary N) is 1. The third-order valence-corrected chi connectivity index (χ3v) is 2.21. The fraction of sp³-hybridized carbons (Fsp3) is 0.222. The number of primary amides is 1. The van der Waals surface area contributed by atoms with Crippen LogP contribution in [0.4, 0.5) is 13.2 Å². The van der Waals surface area contributed by atoms with Crippen LogP contribution in [-0.2, 0) is 17.5 Å². The molecule has 9 heteroatoms. The average molecular weight is 260 g/mol. The van der Waals surface area contributed by atoms with Crippen LogP contribution in [0.5, 0.6) is 0 Å². The molecule has 2 aromatic heterocycles. The van der Waals surface area contributed by atoms with Crippen LogP contribution in [-0.4, -0.2) is 20.1 Å². The molecule has 2 aromatic rings. The summed E-state index contributed by atoms with van der Waals surface area (Å²) in [6.07, 6.45) is -3.57. The van der Waals surface area contributed by atoms with E-state index in [1.165, 1.54) is 6.07 Å². The smallest absolute Gasteiger partial charge is 0.368 e. The summed E-state index contributed by atoms with van der Waals surface area (Å²) in [7, 11) is 0. The maximum Gasteiger partial charge on any atom is 0.437 e. The van der Waals surface area contributed by atoms with Crippen molar-refractivity contribution in [3.05, 3.63) is 34.5 Å². The van der Waals surface area contributed by atoms with Gasteiger partial charge < -0.3 is 5.73 Å². The highest BCUT2D eigenvalue weighted by Crippen LogP contribution is 2.29. The molecular formula is C9H7F3N4O2. The first kappa shape index (κ1) is 12.1. The standard InChI is InChI=1S/C9H7F3N4O2/c10-9(11,12)7-5-2-1-3-15(5)8(18)16(14-7)4-6(13)17/h1-3H,4H2,(H2,13,17). The summed E-state index contributed by atoms with van der Waals surface area (Å²) in [6, 6.07) is 2.40. The molecule has 96 valence electrons. The number of halogens is 3. The molecule has 0 aliphatic rings. The number of aromatic nitrogens is 3. The molecule has 2 N–H and O–H groups in total. The Morgan fingerprint density at radius 2 is 2.11 bits per heavy atom. The van der Waals surface area contributed by atoms with Crippen molar-refractivity contribution >= 4 is 11.4 Å². The van der Waals surface area contributed by atoms with E-state index in [1.54, 1.807) is 0 Å². The van der Waals surface area contributed by atoms with E-state index >= 15 is 0 Å². The van der Waals surface area contributed by atoms with E-state index in [-0.39, 0.29) is 5.52 Å². The van der Waals surface area contributed by atoms with Gasteiger partial charge in [0.05, 0.1) is 5.52 Å². The van der Waals surface area contributed by atoms with Gasteiger partial charge in [0, 0.05) is 6.20 Å².